The molecule has 150 valence electrons. The minimum absolute atomic E-state index is 0.249. The predicted octanol–water partition coefficient (Wildman–Crippen LogP) is 2.53. The summed E-state index contributed by atoms with van der Waals surface area (Å²) >= 11 is 0. The highest BCUT2D eigenvalue weighted by Gasteiger charge is 2.31. The number of aliphatic imine (C=N–C) groups is 1. The molecule has 0 spiro atoms. The number of hydrogen-bond donors (Lipinski definition) is 2. The van der Waals surface area contributed by atoms with Gasteiger partial charge in [-0.05, 0) is 40.0 Å². The van der Waals surface area contributed by atoms with Crippen LogP contribution in [0.25, 0.3) is 0 Å². The van der Waals surface area contributed by atoms with E-state index >= 15 is 0 Å². The molecule has 1 atom stereocenters. The second kappa shape index (κ2) is 9.24. The van der Waals surface area contributed by atoms with Crippen molar-refractivity contribution in [1.29, 1.82) is 0 Å². The van der Waals surface area contributed by atoms with Crippen LogP contribution in [0, 0.1) is 19.8 Å². The second-order valence-electron chi connectivity index (χ2n) is 7.75. The van der Waals surface area contributed by atoms with Gasteiger partial charge >= 0.3 is 0 Å². The van der Waals surface area contributed by atoms with Crippen molar-refractivity contribution in [1.82, 2.24) is 20.7 Å². The molecule has 1 aromatic heterocycles. The van der Waals surface area contributed by atoms with Crippen LogP contribution in [-0.2, 0) is 11.3 Å². The number of amides is 1. The SMILES string of the molecule is CCNC(=NCc1c(C)noc1C)NC1CCN(C(=O)C2CCCCC2)C1. The Kier molecular flexibility index (Phi) is 6.74. The molecular weight excluding hydrogens is 342 g/mol. The number of carbonyl (C=O) groups is 1. The zero-order valence-corrected chi connectivity index (χ0v) is 16.9. The molecule has 3 rings (SSSR count). The van der Waals surface area contributed by atoms with Crippen LogP contribution in [0.2, 0.25) is 0 Å². The fourth-order valence-electron chi connectivity index (χ4n) is 4.09. The average Bonchev–Trinajstić information content (AvgIpc) is 3.27. The van der Waals surface area contributed by atoms with E-state index in [-0.39, 0.29) is 12.0 Å². The number of nitrogens with zero attached hydrogens (tertiary/aromatic N) is 3. The molecule has 1 unspecified atom stereocenters. The molecule has 1 aliphatic heterocycles. The molecule has 1 saturated heterocycles. The topological polar surface area (TPSA) is 82.8 Å². The Morgan fingerprint density at radius 1 is 1.26 bits per heavy atom. The molecule has 0 aromatic carbocycles. The molecule has 1 amide bonds. The quantitative estimate of drug-likeness (QED) is 0.610. The Morgan fingerprint density at radius 3 is 2.70 bits per heavy atom. The van der Waals surface area contributed by atoms with Gasteiger partial charge in [0.25, 0.3) is 0 Å². The molecule has 0 radical (unpaired) electrons. The van der Waals surface area contributed by atoms with E-state index in [1.807, 2.05) is 18.7 Å². The maximum atomic E-state index is 12.7. The standard InChI is InChI=1S/C20H33N5O2/c1-4-21-20(22-12-18-14(2)24-27-15(18)3)23-17-10-11-25(13-17)19(26)16-8-6-5-7-9-16/h16-17H,4-13H2,1-3H3,(H2,21,22,23). The van der Waals surface area contributed by atoms with Gasteiger partial charge in [0, 0.05) is 37.2 Å². The van der Waals surface area contributed by atoms with E-state index in [1.54, 1.807) is 0 Å². The molecule has 0 bridgehead atoms. The average molecular weight is 376 g/mol. The third-order valence-corrected chi connectivity index (χ3v) is 5.72. The molecule has 2 N–H and O–H groups in total. The van der Waals surface area contributed by atoms with Gasteiger partial charge in [0.1, 0.15) is 5.76 Å². The number of aromatic nitrogens is 1. The smallest absolute Gasteiger partial charge is 0.225 e. The van der Waals surface area contributed by atoms with Crippen LogP contribution >= 0.6 is 0 Å². The van der Waals surface area contributed by atoms with Gasteiger partial charge in [0.15, 0.2) is 5.96 Å². The van der Waals surface area contributed by atoms with Crippen molar-refractivity contribution < 1.29 is 9.32 Å². The van der Waals surface area contributed by atoms with E-state index in [9.17, 15) is 4.79 Å². The summed E-state index contributed by atoms with van der Waals surface area (Å²) in [7, 11) is 0. The van der Waals surface area contributed by atoms with Crippen LogP contribution in [-0.4, -0.2) is 47.6 Å². The molecular formula is C20H33N5O2. The van der Waals surface area contributed by atoms with Gasteiger partial charge in [-0.3, -0.25) is 4.79 Å². The summed E-state index contributed by atoms with van der Waals surface area (Å²) in [5, 5.41) is 10.8. The maximum Gasteiger partial charge on any atom is 0.225 e. The fraction of sp³-hybridized carbons (Fsp3) is 0.750. The molecule has 27 heavy (non-hydrogen) atoms. The number of rotatable bonds is 5. The van der Waals surface area contributed by atoms with Gasteiger partial charge < -0.3 is 20.1 Å². The Bertz CT molecular complexity index is 644. The first-order chi connectivity index (χ1) is 13.1. The number of nitrogens with one attached hydrogen (secondary N) is 2. The van der Waals surface area contributed by atoms with Gasteiger partial charge in [-0.2, -0.15) is 0 Å². The number of aryl methyl sites for hydroxylation is 2. The van der Waals surface area contributed by atoms with Crippen LogP contribution in [0.5, 0.6) is 0 Å². The van der Waals surface area contributed by atoms with Crippen molar-refractivity contribution in [2.24, 2.45) is 10.9 Å². The third-order valence-electron chi connectivity index (χ3n) is 5.72. The Morgan fingerprint density at radius 2 is 2.04 bits per heavy atom. The highest BCUT2D eigenvalue weighted by atomic mass is 16.5. The van der Waals surface area contributed by atoms with Crippen molar-refractivity contribution in [3.63, 3.8) is 0 Å². The summed E-state index contributed by atoms with van der Waals surface area (Å²) in [6.45, 7) is 8.85. The van der Waals surface area contributed by atoms with Gasteiger partial charge in [-0.25, -0.2) is 4.99 Å². The van der Waals surface area contributed by atoms with Crippen molar-refractivity contribution >= 4 is 11.9 Å². The lowest BCUT2D eigenvalue weighted by atomic mass is 9.88. The fourth-order valence-corrected chi connectivity index (χ4v) is 4.09. The Labute approximate surface area is 162 Å². The first-order valence-corrected chi connectivity index (χ1v) is 10.3. The van der Waals surface area contributed by atoms with E-state index in [1.165, 1.54) is 19.3 Å². The highest BCUT2D eigenvalue weighted by Crippen LogP contribution is 2.26. The molecule has 2 heterocycles. The summed E-state index contributed by atoms with van der Waals surface area (Å²) in [6.07, 6.45) is 6.77. The first-order valence-electron chi connectivity index (χ1n) is 10.3. The van der Waals surface area contributed by atoms with Crippen LogP contribution in [0.4, 0.5) is 0 Å². The van der Waals surface area contributed by atoms with E-state index < -0.39 is 0 Å². The van der Waals surface area contributed by atoms with E-state index in [2.05, 4.69) is 22.7 Å². The normalized spacial score (nSPS) is 21.5. The maximum absolute atomic E-state index is 12.7. The summed E-state index contributed by atoms with van der Waals surface area (Å²) in [4.78, 5) is 19.5. The summed E-state index contributed by atoms with van der Waals surface area (Å²) in [6, 6.07) is 0.250. The molecule has 7 nitrogen and oxygen atoms in total. The second-order valence-corrected chi connectivity index (χ2v) is 7.75. The van der Waals surface area contributed by atoms with Crippen molar-refractivity contribution in [2.75, 3.05) is 19.6 Å². The highest BCUT2D eigenvalue weighted by molar-refractivity contribution is 5.81. The lowest BCUT2D eigenvalue weighted by Gasteiger charge is -2.26. The van der Waals surface area contributed by atoms with Crippen LogP contribution in [0.3, 0.4) is 0 Å². The zero-order valence-electron chi connectivity index (χ0n) is 16.9. The molecule has 1 saturated carbocycles. The molecule has 2 aliphatic rings. The Balaban J connectivity index is 1.55. The minimum Gasteiger partial charge on any atom is -0.361 e. The number of carbonyl (C=O) groups excluding carboxylic acids is 1. The van der Waals surface area contributed by atoms with Gasteiger partial charge in [0.2, 0.25) is 5.91 Å². The van der Waals surface area contributed by atoms with E-state index in [0.29, 0.717) is 12.5 Å². The van der Waals surface area contributed by atoms with E-state index in [4.69, 9.17) is 9.52 Å². The summed E-state index contributed by atoms with van der Waals surface area (Å²) in [5.74, 6) is 2.21. The third kappa shape index (κ3) is 5.02. The number of hydrogen-bond acceptors (Lipinski definition) is 4. The van der Waals surface area contributed by atoms with Crippen molar-refractivity contribution in [3.8, 4) is 0 Å². The minimum atomic E-state index is 0.249. The molecule has 1 aromatic rings. The van der Waals surface area contributed by atoms with Gasteiger partial charge in [-0.15, -0.1) is 0 Å². The summed E-state index contributed by atoms with van der Waals surface area (Å²) in [5.41, 5.74) is 1.92. The van der Waals surface area contributed by atoms with Gasteiger partial charge in [-0.1, -0.05) is 24.4 Å². The molecule has 7 heteroatoms. The molecule has 2 fully saturated rings. The number of likely N-dealkylation sites (tertiary alicyclic amines) is 1. The van der Waals surface area contributed by atoms with Gasteiger partial charge in [0.05, 0.1) is 12.2 Å². The monoisotopic (exact) mass is 375 g/mol. The van der Waals surface area contributed by atoms with E-state index in [0.717, 1.165) is 61.9 Å². The first kappa shape index (κ1) is 19.7. The zero-order chi connectivity index (χ0) is 19.2. The van der Waals surface area contributed by atoms with Crippen LogP contribution < -0.4 is 10.6 Å². The van der Waals surface area contributed by atoms with Crippen LogP contribution in [0.15, 0.2) is 9.52 Å². The molecule has 1 aliphatic carbocycles. The number of guanidine groups is 1. The predicted molar refractivity (Wildman–Crippen MR) is 105 cm³/mol. The lowest BCUT2D eigenvalue weighted by molar-refractivity contribution is -0.135. The van der Waals surface area contributed by atoms with Crippen molar-refractivity contribution in [2.45, 2.75) is 71.9 Å². The largest absolute Gasteiger partial charge is 0.361 e. The van der Waals surface area contributed by atoms with Crippen molar-refractivity contribution in [3.05, 3.63) is 17.0 Å². The Hall–Kier alpha value is -2.05. The summed E-state index contributed by atoms with van der Waals surface area (Å²) < 4.78 is 5.21. The lowest BCUT2D eigenvalue weighted by Crippen LogP contribution is -2.45. The van der Waals surface area contributed by atoms with Crippen LogP contribution in [0.1, 0.15) is 62.5 Å².